The third-order valence-corrected chi connectivity index (χ3v) is 4.51. The molecule has 0 bridgehead atoms. The van der Waals surface area contributed by atoms with Crippen LogP contribution in [-0.2, 0) is 4.79 Å². The van der Waals surface area contributed by atoms with Crippen molar-refractivity contribution in [3.05, 3.63) is 59.7 Å². The summed E-state index contributed by atoms with van der Waals surface area (Å²) >= 11 is 0. The number of hydrogen-bond donors (Lipinski definition) is 0. The van der Waals surface area contributed by atoms with Crippen LogP contribution >= 0.6 is 0 Å². The molecule has 0 aliphatic carbocycles. The van der Waals surface area contributed by atoms with Crippen molar-refractivity contribution in [2.24, 2.45) is 0 Å². The van der Waals surface area contributed by atoms with Crippen molar-refractivity contribution in [3.63, 3.8) is 0 Å². The molecule has 132 valence electrons. The summed E-state index contributed by atoms with van der Waals surface area (Å²) in [5.41, 5.74) is 2.22. The van der Waals surface area contributed by atoms with Gasteiger partial charge in [0.1, 0.15) is 13.2 Å². The maximum Gasteiger partial charge on any atom is 0.227 e. The normalized spacial score (nSPS) is 16.3. The molecule has 0 unspecified atom stereocenters. The van der Waals surface area contributed by atoms with Gasteiger partial charge in [0.2, 0.25) is 5.91 Å². The molecule has 0 radical (unpaired) electrons. The summed E-state index contributed by atoms with van der Waals surface area (Å²) < 4.78 is 11.1. The molecular weight excluding hydrogens is 330 g/mol. The van der Waals surface area contributed by atoms with Crippen LogP contribution in [0.3, 0.4) is 0 Å². The van der Waals surface area contributed by atoms with Crippen molar-refractivity contribution in [2.45, 2.75) is 12.8 Å². The van der Waals surface area contributed by atoms with E-state index < -0.39 is 0 Å². The van der Waals surface area contributed by atoms with Crippen LogP contribution in [0.1, 0.15) is 28.8 Å². The van der Waals surface area contributed by atoms with Gasteiger partial charge >= 0.3 is 0 Å². The van der Waals surface area contributed by atoms with Gasteiger partial charge in [0.05, 0.1) is 0 Å². The second kappa shape index (κ2) is 7.04. The topological polar surface area (TPSA) is 55.8 Å². The van der Waals surface area contributed by atoms with Gasteiger partial charge in [0.25, 0.3) is 0 Å². The molecule has 1 amide bonds. The van der Waals surface area contributed by atoms with Crippen LogP contribution in [0.4, 0.5) is 5.69 Å². The first-order valence-corrected chi connectivity index (χ1v) is 8.73. The molecule has 2 aromatic rings. The van der Waals surface area contributed by atoms with Crippen molar-refractivity contribution in [1.82, 2.24) is 0 Å². The molecule has 4 rings (SSSR count). The fourth-order valence-electron chi connectivity index (χ4n) is 3.18. The molecule has 5 nitrogen and oxygen atoms in total. The van der Waals surface area contributed by atoms with Gasteiger partial charge in [-0.25, -0.2) is 0 Å². The average Bonchev–Trinajstić information content (AvgIpc) is 3.12. The molecule has 2 heterocycles. The number of rotatable bonds is 4. The summed E-state index contributed by atoms with van der Waals surface area (Å²) in [6.45, 7) is 1.79. The fraction of sp³-hybridized carbons (Fsp3) is 0.238. The largest absolute Gasteiger partial charge is 0.486 e. The van der Waals surface area contributed by atoms with E-state index in [0.717, 1.165) is 23.4 Å². The molecule has 1 saturated heterocycles. The Bertz CT molecular complexity index is 887. The highest BCUT2D eigenvalue weighted by Crippen LogP contribution is 2.31. The van der Waals surface area contributed by atoms with E-state index in [-0.39, 0.29) is 11.7 Å². The lowest BCUT2D eigenvalue weighted by atomic mass is 10.1. The van der Waals surface area contributed by atoms with Gasteiger partial charge in [0, 0.05) is 24.2 Å². The summed E-state index contributed by atoms with van der Waals surface area (Å²) in [5, 5.41) is 0. The van der Waals surface area contributed by atoms with Crippen molar-refractivity contribution >= 4 is 23.5 Å². The maximum atomic E-state index is 12.5. The summed E-state index contributed by atoms with van der Waals surface area (Å²) in [4.78, 5) is 26.1. The van der Waals surface area contributed by atoms with Gasteiger partial charge < -0.3 is 14.4 Å². The van der Waals surface area contributed by atoms with E-state index in [4.69, 9.17) is 9.47 Å². The first-order valence-electron chi connectivity index (χ1n) is 8.73. The van der Waals surface area contributed by atoms with E-state index in [1.165, 1.54) is 6.08 Å². The van der Waals surface area contributed by atoms with Crippen LogP contribution in [0.5, 0.6) is 11.5 Å². The molecule has 0 N–H and O–H groups in total. The van der Waals surface area contributed by atoms with E-state index in [1.54, 1.807) is 23.1 Å². The van der Waals surface area contributed by atoms with Crippen molar-refractivity contribution in [2.75, 3.05) is 24.7 Å². The Labute approximate surface area is 151 Å². The number of benzene rings is 2. The highest BCUT2D eigenvalue weighted by molar-refractivity contribution is 6.08. The van der Waals surface area contributed by atoms with Gasteiger partial charge in [-0.05, 0) is 42.3 Å². The molecule has 2 aromatic carbocycles. The summed E-state index contributed by atoms with van der Waals surface area (Å²) in [6.07, 6.45) is 4.73. The number of anilines is 1. The molecule has 2 aliphatic rings. The maximum absolute atomic E-state index is 12.5. The lowest BCUT2D eigenvalue weighted by molar-refractivity contribution is -0.117. The quantitative estimate of drug-likeness (QED) is 0.626. The Hall–Kier alpha value is -3.08. The first kappa shape index (κ1) is 16.4. The lowest BCUT2D eigenvalue weighted by Crippen LogP contribution is -2.23. The fourth-order valence-corrected chi connectivity index (χ4v) is 3.18. The number of nitrogens with zero attached hydrogens (tertiary/aromatic N) is 1. The Kier molecular flexibility index (Phi) is 4.44. The van der Waals surface area contributed by atoms with Gasteiger partial charge in [-0.2, -0.15) is 0 Å². The van der Waals surface area contributed by atoms with Crippen LogP contribution < -0.4 is 14.4 Å². The van der Waals surface area contributed by atoms with Crippen LogP contribution in [0.2, 0.25) is 0 Å². The standard InChI is InChI=1S/C21H19NO4/c23-18(8-6-15-7-9-19-20(13-15)26-12-11-25-19)16-3-1-4-17(14-16)22-10-2-5-21(22)24/h1,3-4,6-9,13-14H,2,5,10-12H2. The number of allylic oxidation sites excluding steroid dienone is 1. The second-order valence-electron chi connectivity index (χ2n) is 6.30. The molecule has 26 heavy (non-hydrogen) atoms. The number of amides is 1. The van der Waals surface area contributed by atoms with Gasteiger partial charge in [-0.3, -0.25) is 9.59 Å². The molecule has 1 fully saturated rings. The minimum atomic E-state index is -0.103. The average molecular weight is 349 g/mol. The summed E-state index contributed by atoms with van der Waals surface area (Å²) in [7, 11) is 0. The highest BCUT2D eigenvalue weighted by atomic mass is 16.6. The van der Waals surface area contributed by atoms with E-state index in [9.17, 15) is 9.59 Å². The minimum absolute atomic E-state index is 0.103. The first-order chi connectivity index (χ1) is 12.7. The molecular formula is C21H19NO4. The predicted molar refractivity (Wildman–Crippen MR) is 98.8 cm³/mol. The van der Waals surface area contributed by atoms with Gasteiger partial charge in [-0.15, -0.1) is 0 Å². The van der Waals surface area contributed by atoms with Crippen molar-refractivity contribution in [3.8, 4) is 11.5 Å². The summed E-state index contributed by atoms with van der Waals surface area (Å²) in [5.74, 6) is 1.43. The molecule has 0 saturated carbocycles. The van der Waals surface area contributed by atoms with Crippen molar-refractivity contribution < 1.29 is 19.1 Å². The Morgan fingerprint density at radius 3 is 2.69 bits per heavy atom. The summed E-state index contributed by atoms with van der Waals surface area (Å²) in [6, 6.07) is 12.8. The van der Waals surface area contributed by atoms with Crippen molar-refractivity contribution in [1.29, 1.82) is 0 Å². The zero-order chi connectivity index (χ0) is 17.9. The lowest BCUT2D eigenvalue weighted by Gasteiger charge is -2.18. The van der Waals surface area contributed by atoms with Crippen LogP contribution in [0.15, 0.2) is 48.5 Å². The monoisotopic (exact) mass is 349 g/mol. The number of hydrogen-bond acceptors (Lipinski definition) is 4. The van der Waals surface area contributed by atoms with E-state index in [2.05, 4.69) is 0 Å². The second-order valence-corrected chi connectivity index (χ2v) is 6.30. The van der Waals surface area contributed by atoms with E-state index >= 15 is 0 Å². The highest BCUT2D eigenvalue weighted by Gasteiger charge is 2.22. The number of ketones is 1. The zero-order valence-electron chi connectivity index (χ0n) is 14.3. The third kappa shape index (κ3) is 3.33. The predicted octanol–water partition coefficient (Wildman–Crippen LogP) is 3.48. The van der Waals surface area contributed by atoms with E-state index in [1.807, 2.05) is 30.3 Å². The molecule has 0 aromatic heterocycles. The van der Waals surface area contributed by atoms with Crippen LogP contribution in [-0.4, -0.2) is 31.4 Å². The van der Waals surface area contributed by atoms with Gasteiger partial charge in [-0.1, -0.05) is 24.3 Å². The van der Waals surface area contributed by atoms with Crippen LogP contribution in [0, 0.1) is 0 Å². The van der Waals surface area contributed by atoms with Crippen LogP contribution in [0.25, 0.3) is 6.08 Å². The Morgan fingerprint density at radius 1 is 1.04 bits per heavy atom. The number of fused-ring (bicyclic) bond motifs is 1. The third-order valence-electron chi connectivity index (χ3n) is 4.51. The minimum Gasteiger partial charge on any atom is -0.486 e. The smallest absolute Gasteiger partial charge is 0.227 e. The zero-order valence-corrected chi connectivity index (χ0v) is 14.3. The van der Waals surface area contributed by atoms with Gasteiger partial charge in [0.15, 0.2) is 17.3 Å². The molecule has 0 spiro atoms. The van der Waals surface area contributed by atoms with E-state index in [0.29, 0.717) is 37.5 Å². The number of carbonyl (C=O) groups is 2. The number of ether oxygens (including phenoxy) is 2. The number of carbonyl (C=O) groups excluding carboxylic acids is 2. The SMILES string of the molecule is O=C(C=Cc1ccc2c(c1)OCCO2)c1cccc(N2CCCC2=O)c1. The molecule has 2 aliphatic heterocycles. The molecule has 0 atom stereocenters. The Morgan fingerprint density at radius 2 is 1.88 bits per heavy atom. The Balaban J connectivity index is 1.51. The molecule has 5 heteroatoms.